The van der Waals surface area contributed by atoms with Crippen molar-refractivity contribution in [3.63, 3.8) is 0 Å². The second-order valence-electron chi connectivity index (χ2n) is 8.44. The number of amides is 3. The van der Waals surface area contributed by atoms with Crippen LogP contribution in [0.2, 0.25) is 0 Å². The van der Waals surface area contributed by atoms with Crippen LogP contribution in [0.3, 0.4) is 0 Å². The van der Waals surface area contributed by atoms with E-state index in [1.807, 2.05) is 68.4 Å². The molecule has 1 aliphatic rings. The molecular formula is C26H32N4O4. The van der Waals surface area contributed by atoms with Crippen LogP contribution in [0.25, 0.3) is 0 Å². The summed E-state index contributed by atoms with van der Waals surface area (Å²) < 4.78 is 5.25. The molecule has 1 atom stereocenters. The van der Waals surface area contributed by atoms with Crippen molar-refractivity contribution in [2.45, 2.75) is 39.2 Å². The first-order valence-electron chi connectivity index (χ1n) is 11.5. The highest BCUT2D eigenvalue weighted by Gasteiger charge is 2.33. The fraction of sp³-hybridized carbons (Fsp3) is 0.385. The summed E-state index contributed by atoms with van der Waals surface area (Å²) >= 11 is 0. The highest BCUT2D eigenvalue weighted by Crippen LogP contribution is 2.34. The van der Waals surface area contributed by atoms with Crippen molar-refractivity contribution in [2.24, 2.45) is 11.0 Å². The van der Waals surface area contributed by atoms with E-state index < -0.39 is 0 Å². The summed E-state index contributed by atoms with van der Waals surface area (Å²) in [5, 5.41) is 11.6. The summed E-state index contributed by atoms with van der Waals surface area (Å²) in [6.45, 7) is 4.29. The van der Waals surface area contributed by atoms with E-state index in [4.69, 9.17) is 4.74 Å². The van der Waals surface area contributed by atoms with Crippen molar-refractivity contribution in [3.8, 4) is 5.75 Å². The molecule has 2 aromatic rings. The van der Waals surface area contributed by atoms with E-state index in [0.29, 0.717) is 19.5 Å². The minimum absolute atomic E-state index is 0.0441. The van der Waals surface area contributed by atoms with Gasteiger partial charge in [-0.25, -0.2) is 5.01 Å². The number of carbonyl (C=O) groups excluding carboxylic acids is 3. The zero-order chi connectivity index (χ0) is 24.5. The lowest BCUT2D eigenvalue weighted by molar-refractivity contribution is -0.135. The normalized spacial score (nSPS) is 15.1. The molecule has 3 rings (SSSR count). The molecule has 180 valence electrons. The third-order valence-electron chi connectivity index (χ3n) is 5.61. The van der Waals surface area contributed by atoms with Crippen LogP contribution in [0.15, 0.2) is 59.7 Å². The minimum atomic E-state index is -0.247. The number of carbonyl (C=O) groups is 3. The number of hydrogen-bond acceptors (Lipinski definition) is 5. The van der Waals surface area contributed by atoms with Crippen LogP contribution in [0.4, 0.5) is 0 Å². The smallest absolute Gasteiger partial charge is 0.243 e. The number of rotatable bonds is 10. The fourth-order valence-electron chi connectivity index (χ4n) is 3.65. The number of hydrogen-bond donors (Lipinski definition) is 2. The lowest BCUT2D eigenvalue weighted by Crippen LogP contribution is -2.36. The van der Waals surface area contributed by atoms with Crippen LogP contribution in [0.5, 0.6) is 5.75 Å². The number of hydrazone groups is 1. The molecule has 0 saturated carbocycles. The van der Waals surface area contributed by atoms with E-state index in [1.54, 1.807) is 7.11 Å². The summed E-state index contributed by atoms with van der Waals surface area (Å²) in [6, 6.07) is 17.1. The van der Waals surface area contributed by atoms with Gasteiger partial charge in [-0.3, -0.25) is 14.4 Å². The number of methoxy groups -OCH3 is 1. The molecule has 8 nitrogen and oxygen atoms in total. The minimum Gasteiger partial charge on any atom is -0.497 e. The summed E-state index contributed by atoms with van der Waals surface area (Å²) in [5.41, 5.74) is 2.76. The van der Waals surface area contributed by atoms with E-state index in [1.165, 1.54) is 5.01 Å². The molecule has 0 aromatic heterocycles. The van der Waals surface area contributed by atoms with Crippen LogP contribution in [0, 0.1) is 5.92 Å². The van der Waals surface area contributed by atoms with Crippen molar-refractivity contribution in [2.75, 3.05) is 20.2 Å². The Kier molecular flexibility index (Phi) is 8.79. The molecule has 0 spiro atoms. The summed E-state index contributed by atoms with van der Waals surface area (Å²) in [5.74, 6) is 0.128. The van der Waals surface area contributed by atoms with Gasteiger partial charge in [-0.2, -0.15) is 5.10 Å². The molecule has 1 unspecified atom stereocenters. The molecule has 0 aliphatic carbocycles. The quantitative estimate of drug-likeness (QED) is 0.528. The zero-order valence-corrected chi connectivity index (χ0v) is 19.9. The van der Waals surface area contributed by atoms with Crippen LogP contribution in [-0.2, 0) is 14.4 Å². The lowest BCUT2D eigenvalue weighted by Gasteiger charge is -2.22. The SMILES string of the molecule is COc1ccc(C2CC(c3ccccc3)=NN2C(=O)CCC(=O)NCCNC(=O)C(C)C)cc1. The van der Waals surface area contributed by atoms with Gasteiger partial charge >= 0.3 is 0 Å². The molecule has 3 amide bonds. The molecular weight excluding hydrogens is 432 g/mol. The third kappa shape index (κ3) is 6.66. The van der Waals surface area contributed by atoms with Gasteiger partial charge in [0.15, 0.2) is 0 Å². The largest absolute Gasteiger partial charge is 0.497 e. The van der Waals surface area contributed by atoms with Crippen LogP contribution >= 0.6 is 0 Å². The Morgan fingerprint density at radius 2 is 1.68 bits per heavy atom. The van der Waals surface area contributed by atoms with Gasteiger partial charge in [0.05, 0.1) is 18.9 Å². The molecule has 0 bridgehead atoms. The highest BCUT2D eigenvalue weighted by molar-refractivity contribution is 6.03. The summed E-state index contributed by atoms with van der Waals surface area (Å²) in [6.07, 6.45) is 0.686. The highest BCUT2D eigenvalue weighted by atomic mass is 16.5. The second-order valence-corrected chi connectivity index (χ2v) is 8.44. The van der Waals surface area contributed by atoms with Gasteiger partial charge in [0.2, 0.25) is 17.7 Å². The molecule has 34 heavy (non-hydrogen) atoms. The number of ether oxygens (including phenoxy) is 1. The molecule has 0 radical (unpaired) electrons. The van der Waals surface area contributed by atoms with Gasteiger partial charge < -0.3 is 15.4 Å². The Balaban J connectivity index is 1.61. The van der Waals surface area contributed by atoms with E-state index in [2.05, 4.69) is 15.7 Å². The van der Waals surface area contributed by atoms with Gasteiger partial charge in [-0.05, 0) is 23.3 Å². The van der Waals surface area contributed by atoms with Gasteiger partial charge in [0.25, 0.3) is 0 Å². The van der Waals surface area contributed by atoms with Gasteiger partial charge in [0, 0.05) is 38.3 Å². The Hall–Kier alpha value is -3.68. The number of nitrogens with zero attached hydrogens (tertiary/aromatic N) is 2. The number of nitrogens with one attached hydrogen (secondary N) is 2. The van der Waals surface area contributed by atoms with E-state index >= 15 is 0 Å². The Labute approximate surface area is 200 Å². The predicted octanol–water partition coefficient (Wildman–Crippen LogP) is 3.04. The van der Waals surface area contributed by atoms with Crippen molar-refractivity contribution < 1.29 is 19.1 Å². The van der Waals surface area contributed by atoms with Crippen molar-refractivity contribution in [1.82, 2.24) is 15.6 Å². The first-order valence-corrected chi connectivity index (χ1v) is 11.5. The number of benzene rings is 2. The van der Waals surface area contributed by atoms with Crippen molar-refractivity contribution in [3.05, 3.63) is 65.7 Å². The van der Waals surface area contributed by atoms with E-state index in [9.17, 15) is 14.4 Å². The monoisotopic (exact) mass is 464 g/mol. The topological polar surface area (TPSA) is 100 Å². The lowest BCUT2D eigenvalue weighted by atomic mass is 9.98. The maximum absolute atomic E-state index is 13.1. The first-order chi connectivity index (χ1) is 16.4. The molecule has 0 fully saturated rings. The third-order valence-corrected chi connectivity index (χ3v) is 5.61. The van der Waals surface area contributed by atoms with E-state index in [0.717, 1.165) is 22.6 Å². The van der Waals surface area contributed by atoms with Gasteiger partial charge in [-0.15, -0.1) is 0 Å². The predicted molar refractivity (Wildman–Crippen MR) is 130 cm³/mol. The Morgan fingerprint density at radius 3 is 2.32 bits per heavy atom. The summed E-state index contributed by atoms with van der Waals surface area (Å²) in [4.78, 5) is 36.9. The molecule has 0 saturated heterocycles. The fourth-order valence-corrected chi connectivity index (χ4v) is 3.65. The summed E-state index contributed by atoms with van der Waals surface area (Å²) in [7, 11) is 1.61. The molecule has 2 N–H and O–H groups in total. The van der Waals surface area contributed by atoms with Gasteiger partial charge in [-0.1, -0.05) is 56.3 Å². The van der Waals surface area contributed by atoms with Crippen molar-refractivity contribution >= 4 is 23.4 Å². The first kappa shape index (κ1) is 25.0. The average Bonchev–Trinajstić information content (AvgIpc) is 3.31. The maximum atomic E-state index is 13.1. The van der Waals surface area contributed by atoms with Crippen LogP contribution < -0.4 is 15.4 Å². The maximum Gasteiger partial charge on any atom is 0.243 e. The van der Waals surface area contributed by atoms with Crippen LogP contribution in [0.1, 0.15) is 50.3 Å². The molecule has 1 aliphatic heterocycles. The van der Waals surface area contributed by atoms with Gasteiger partial charge in [0.1, 0.15) is 5.75 Å². The zero-order valence-electron chi connectivity index (χ0n) is 19.9. The standard InChI is InChI=1S/C26H32N4O4/c1-18(2)26(33)28-16-15-27-24(31)13-14-25(32)30-23(20-9-11-21(34-3)12-10-20)17-22(29-30)19-7-5-4-6-8-19/h4-12,18,23H,13-17H2,1-3H3,(H,27,31)(H,28,33). The Morgan fingerprint density at radius 1 is 1.00 bits per heavy atom. The van der Waals surface area contributed by atoms with Crippen molar-refractivity contribution in [1.29, 1.82) is 0 Å². The molecule has 1 heterocycles. The Bertz CT molecular complexity index is 1020. The van der Waals surface area contributed by atoms with E-state index in [-0.39, 0.29) is 42.5 Å². The van der Waals surface area contributed by atoms with Crippen LogP contribution in [-0.4, -0.2) is 48.6 Å². The second kappa shape index (κ2) is 12.0. The molecule has 8 heteroatoms. The average molecular weight is 465 g/mol. The molecule has 2 aromatic carbocycles.